The van der Waals surface area contributed by atoms with Crippen molar-refractivity contribution in [2.45, 2.75) is 6.10 Å². The minimum Gasteiger partial charge on any atom is -0.508 e. The lowest BCUT2D eigenvalue weighted by Gasteiger charge is -2.23. The fraction of sp³-hybridized carbons (Fsp3) is 0.0833. The molecule has 1 aliphatic rings. The molecule has 2 atom stereocenters. The van der Waals surface area contributed by atoms with Crippen LogP contribution in [0.3, 0.4) is 0 Å². The summed E-state index contributed by atoms with van der Waals surface area (Å²) >= 11 is 5.97. The second-order valence-corrected chi connectivity index (χ2v) is 7.87. The van der Waals surface area contributed by atoms with Crippen molar-refractivity contribution in [3.05, 3.63) is 88.4 Å². The number of nitrogens with zero attached hydrogens (tertiary/aromatic N) is 1. The smallest absolute Gasteiger partial charge is 0.339 e. The number of phenols is 2. The number of hydrogen-bond acceptors (Lipinski definition) is 8. The van der Waals surface area contributed by atoms with Gasteiger partial charge in [-0.2, -0.15) is 5.10 Å². The number of fused-ring (bicyclic) bond motifs is 1. The molecule has 0 bridgehead atoms. The zero-order chi connectivity index (χ0) is 24.4. The van der Waals surface area contributed by atoms with Gasteiger partial charge in [0.05, 0.1) is 11.1 Å². The van der Waals surface area contributed by atoms with E-state index in [1.165, 1.54) is 24.3 Å². The number of benzene rings is 3. The Morgan fingerprint density at radius 2 is 1.82 bits per heavy atom. The quantitative estimate of drug-likeness (QED) is 0.139. The molecule has 4 rings (SSSR count). The molecule has 5 N–H and O–H groups in total. The maximum Gasteiger partial charge on any atom is 0.339 e. The molecule has 172 valence electrons. The highest BCUT2D eigenvalue weighted by atomic mass is 35.5. The molecule has 0 spiro atoms. The number of hydrogen-bond donors (Lipinski definition) is 4. The molecule has 0 saturated carbocycles. The molecule has 0 fully saturated rings. The number of hydrazone groups is 1. The van der Waals surface area contributed by atoms with Gasteiger partial charge in [0.1, 0.15) is 29.2 Å². The van der Waals surface area contributed by atoms with Gasteiger partial charge in [0.15, 0.2) is 5.78 Å². The van der Waals surface area contributed by atoms with Gasteiger partial charge in [-0.1, -0.05) is 35.9 Å². The third-order valence-electron chi connectivity index (χ3n) is 5.30. The van der Waals surface area contributed by atoms with Crippen LogP contribution in [-0.4, -0.2) is 33.6 Å². The van der Waals surface area contributed by atoms with Crippen LogP contribution in [0.1, 0.15) is 32.4 Å². The zero-order valence-electron chi connectivity index (χ0n) is 17.4. The SMILES string of the molecule is N/N=C(/C(=O)Nc1cccc(Cl)c1)[C@H](C(=O)c1ccc(O)cc1O)[C@@H]1OC(=O)c2ccccc21. The first-order valence-corrected chi connectivity index (χ1v) is 10.4. The van der Waals surface area contributed by atoms with Gasteiger partial charge in [0, 0.05) is 22.3 Å². The average Bonchev–Trinajstić information content (AvgIpc) is 3.13. The normalized spacial score (nSPS) is 15.9. The van der Waals surface area contributed by atoms with Crippen molar-refractivity contribution in [1.29, 1.82) is 0 Å². The van der Waals surface area contributed by atoms with Crippen LogP contribution >= 0.6 is 11.6 Å². The maximum absolute atomic E-state index is 13.6. The van der Waals surface area contributed by atoms with Crippen molar-refractivity contribution in [2.24, 2.45) is 16.9 Å². The van der Waals surface area contributed by atoms with Crippen LogP contribution in [0.2, 0.25) is 5.02 Å². The van der Waals surface area contributed by atoms with Crippen LogP contribution in [0.4, 0.5) is 5.69 Å². The van der Waals surface area contributed by atoms with Crippen molar-refractivity contribution in [2.75, 3.05) is 5.32 Å². The number of carbonyl (C=O) groups excluding carboxylic acids is 3. The summed E-state index contributed by atoms with van der Waals surface area (Å²) in [5, 5.41) is 26.4. The van der Waals surface area contributed by atoms with Gasteiger partial charge < -0.3 is 26.1 Å². The highest BCUT2D eigenvalue weighted by Crippen LogP contribution is 2.39. The number of nitrogens with one attached hydrogen (secondary N) is 1. The lowest BCUT2D eigenvalue weighted by Crippen LogP contribution is -2.39. The zero-order valence-corrected chi connectivity index (χ0v) is 18.2. The summed E-state index contributed by atoms with van der Waals surface area (Å²) < 4.78 is 5.47. The molecule has 0 radical (unpaired) electrons. The Bertz CT molecular complexity index is 1340. The second-order valence-electron chi connectivity index (χ2n) is 7.44. The van der Waals surface area contributed by atoms with Crippen molar-refractivity contribution < 1.29 is 29.3 Å². The van der Waals surface area contributed by atoms with Gasteiger partial charge in [-0.15, -0.1) is 0 Å². The van der Waals surface area contributed by atoms with Crippen LogP contribution < -0.4 is 11.2 Å². The number of nitrogens with two attached hydrogens (primary N) is 1. The Kier molecular flexibility index (Phi) is 6.20. The summed E-state index contributed by atoms with van der Waals surface area (Å²) in [7, 11) is 0. The fourth-order valence-electron chi connectivity index (χ4n) is 3.76. The number of cyclic esters (lactones) is 1. The molecule has 10 heteroatoms. The van der Waals surface area contributed by atoms with E-state index in [0.717, 1.165) is 6.07 Å². The number of ether oxygens (including phenoxy) is 1. The Balaban J connectivity index is 1.79. The summed E-state index contributed by atoms with van der Waals surface area (Å²) in [5.41, 5.74) is 0.251. The molecule has 1 amide bonds. The minimum absolute atomic E-state index is 0.222. The van der Waals surface area contributed by atoms with E-state index in [1.807, 2.05) is 0 Å². The molecule has 0 aliphatic carbocycles. The molecule has 0 aromatic heterocycles. The molecule has 0 saturated heterocycles. The van der Waals surface area contributed by atoms with E-state index >= 15 is 0 Å². The van der Waals surface area contributed by atoms with Crippen molar-refractivity contribution >= 4 is 40.7 Å². The number of anilines is 1. The van der Waals surface area contributed by atoms with E-state index in [4.69, 9.17) is 22.2 Å². The van der Waals surface area contributed by atoms with Gasteiger partial charge in [-0.05, 0) is 36.4 Å². The van der Waals surface area contributed by atoms with E-state index in [2.05, 4.69) is 10.4 Å². The number of esters is 1. The molecular formula is C24H18ClN3O6. The second kappa shape index (κ2) is 9.24. The van der Waals surface area contributed by atoms with Gasteiger partial charge in [0.2, 0.25) is 0 Å². The van der Waals surface area contributed by atoms with Gasteiger partial charge in [-0.25, -0.2) is 4.79 Å². The van der Waals surface area contributed by atoms with E-state index < -0.39 is 41.1 Å². The van der Waals surface area contributed by atoms with Gasteiger partial charge in [-0.3, -0.25) is 9.59 Å². The van der Waals surface area contributed by atoms with E-state index in [-0.39, 0.29) is 16.9 Å². The lowest BCUT2D eigenvalue weighted by atomic mass is 9.84. The third kappa shape index (κ3) is 4.28. The molecule has 3 aromatic rings. The fourth-order valence-corrected chi connectivity index (χ4v) is 3.95. The van der Waals surface area contributed by atoms with Crippen molar-refractivity contribution in [3.8, 4) is 11.5 Å². The average molecular weight is 480 g/mol. The van der Waals surface area contributed by atoms with E-state index in [1.54, 1.807) is 36.4 Å². The topological polar surface area (TPSA) is 151 Å². The van der Waals surface area contributed by atoms with Crippen LogP contribution in [0.5, 0.6) is 11.5 Å². The molecule has 9 nitrogen and oxygen atoms in total. The molecule has 34 heavy (non-hydrogen) atoms. The first kappa shape index (κ1) is 22.8. The number of aromatic hydroxyl groups is 2. The monoisotopic (exact) mass is 479 g/mol. The standard InChI is InChI=1S/C24H18ClN3O6/c25-12-4-3-5-13(10-12)27-23(32)20(28-26)19(21(31)17-9-8-14(29)11-18(17)30)22-15-6-1-2-7-16(15)24(33)34-22/h1-11,19,22,29-30H,26H2,(H,27,32)/b28-20+/t19-,22-/m1/s1. The summed E-state index contributed by atoms with van der Waals surface area (Å²) in [6, 6.07) is 16.1. The largest absolute Gasteiger partial charge is 0.508 e. The predicted molar refractivity (Wildman–Crippen MR) is 124 cm³/mol. The highest BCUT2D eigenvalue weighted by molar-refractivity contribution is 6.47. The highest BCUT2D eigenvalue weighted by Gasteiger charge is 2.45. The van der Waals surface area contributed by atoms with Crippen molar-refractivity contribution in [1.82, 2.24) is 0 Å². The van der Waals surface area contributed by atoms with E-state index in [0.29, 0.717) is 16.3 Å². The number of rotatable bonds is 6. The Morgan fingerprint density at radius 1 is 1.06 bits per heavy atom. The number of carbonyl (C=O) groups is 3. The molecule has 3 aromatic carbocycles. The molecular weight excluding hydrogens is 462 g/mol. The lowest BCUT2D eigenvalue weighted by molar-refractivity contribution is -0.110. The Hall–Kier alpha value is -4.37. The van der Waals surface area contributed by atoms with Crippen LogP contribution in [0.25, 0.3) is 0 Å². The number of halogens is 1. The van der Waals surface area contributed by atoms with Crippen molar-refractivity contribution in [3.63, 3.8) is 0 Å². The maximum atomic E-state index is 13.6. The van der Waals surface area contributed by atoms with Crippen LogP contribution in [-0.2, 0) is 9.53 Å². The number of Topliss-reactive ketones (excluding diaryl/α,β-unsaturated/α-hetero) is 1. The van der Waals surface area contributed by atoms with Gasteiger partial charge >= 0.3 is 5.97 Å². The number of phenolic OH excluding ortho intramolecular Hbond substituents is 2. The Labute approximate surface area is 198 Å². The van der Waals surface area contributed by atoms with Gasteiger partial charge in [0.25, 0.3) is 5.91 Å². The minimum atomic E-state index is -1.51. The summed E-state index contributed by atoms with van der Waals surface area (Å²) in [6.07, 6.45) is -1.24. The summed E-state index contributed by atoms with van der Waals surface area (Å²) in [6.45, 7) is 0. The first-order valence-electron chi connectivity index (χ1n) is 10.0. The van der Waals surface area contributed by atoms with Crippen LogP contribution in [0, 0.1) is 5.92 Å². The predicted octanol–water partition coefficient (Wildman–Crippen LogP) is 3.42. The third-order valence-corrected chi connectivity index (χ3v) is 5.54. The molecule has 1 aliphatic heterocycles. The summed E-state index contributed by atoms with van der Waals surface area (Å²) in [4.78, 5) is 39.2. The molecule has 0 unspecified atom stereocenters. The number of amides is 1. The Morgan fingerprint density at radius 3 is 2.53 bits per heavy atom. The van der Waals surface area contributed by atoms with Crippen LogP contribution in [0.15, 0.2) is 71.8 Å². The number of ketones is 1. The molecule has 1 heterocycles. The van der Waals surface area contributed by atoms with E-state index in [9.17, 15) is 24.6 Å². The first-order chi connectivity index (χ1) is 16.3. The summed E-state index contributed by atoms with van der Waals surface area (Å²) in [5.74, 6) is 0.953.